The van der Waals surface area contributed by atoms with Gasteiger partial charge in [0.25, 0.3) is 0 Å². The zero-order chi connectivity index (χ0) is 13.0. The van der Waals surface area contributed by atoms with E-state index in [1.165, 1.54) is 64.7 Å². The van der Waals surface area contributed by atoms with E-state index in [9.17, 15) is 0 Å². The van der Waals surface area contributed by atoms with Crippen molar-refractivity contribution < 1.29 is 0 Å². The fourth-order valence-electron chi connectivity index (χ4n) is 3.73. The highest BCUT2D eigenvalue weighted by atomic mass is 15.2. The number of nitrogens with two attached hydrogens (primary N) is 1. The quantitative estimate of drug-likeness (QED) is 0.831. The molecule has 2 aliphatic rings. The third-order valence-corrected chi connectivity index (χ3v) is 5.00. The number of nitrogens with zero attached hydrogens (tertiary/aromatic N) is 2. The van der Waals surface area contributed by atoms with Gasteiger partial charge in [-0.2, -0.15) is 0 Å². The molecule has 1 saturated carbocycles. The maximum absolute atomic E-state index is 6.09. The molecular weight excluding hydrogens is 222 g/mol. The van der Waals surface area contributed by atoms with E-state index in [2.05, 4.69) is 23.8 Å². The molecule has 2 N–H and O–H groups in total. The van der Waals surface area contributed by atoms with Gasteiger partial charge in [0.2, 0.25) is 0 Å². The molecule has 2 atom stereocenters. The van der Waals surface area contributed by atoms with Gasteiger partial charge in [-0.1, -0.05) is 13.3 Å². The van der Waals surface area contributed by atoms with E-state index in [4.69, 9.17) is 5.73 Å². The summed E-state index contributed by atoms with van der Waals surface area (Å²) in [5, 5.41) is 0. The Labute approximate surface area is 113 Å². The van der Waals surface area contributed by atoms with Crippen LogP contribution in [0.4, 0.5) is 0 Å². The van der Waals surface area contributed by atoms with Crippen LogP contribution in [-0.4, -0.2) is 55.1 Å². The predicted octanol–water partition coefficient (Wildman–Crippen LogP) is 1.92. The molecule has 0 spiro atoms. The van der Waals surface area contributed by atoms with Crippen LogP contribution in [0.2, 0.25) is 0 Å². The van der Waals surface area contributed by atoms with Crippen LogP contribution < -0.4 is 5.73 Å². The Hall–Kier alpha value is -0.120. The first-order chi connectivity index (χ1) is 8.69. The van der Waals surface area contributed by atoms with Gasteiger partial charge < -0.3 is 15.5 Å². The van der Waals surface area contributed by atoms with E-state index in [0.717, 1.165) is 12.0 Å². The predicted molar refractivity (Wildman–Crippen MR) is 77.7 cm³/mol. The molecule has 0 bridgehead atoms. The Morgan fingerprint density at radius 2 is 1.89 bits per heavy atom. The monoisotopic (exact) mass is 253 g/mol. The average Bonchev–Trinajstić information content (AvgIpc) is 2.39. The number of rotatable bonds is 4. The van der Waals surface area contributed by atoms with Crippen LogP contribution in [0.1, 0.15) is 45.4 Å². The lowest BCUT2D eigenvalue weighted by atomic mass is 9.85. The zero-order valence-corrected chi connectivity index (χ0v) is 12.3. The number of hydrogen-bond acceptors (Lipinski definition) is 3. The van der Waals surface area contributed by atoms with Crippen molar-refractivity contribution in [2.45, 2.75) is 57.5 Å². The molecule has 2 unspecified atom stereocenters. The van der Waals surface area contributed by atoms with Crippen LogP contribution >= 0.6 is 0 Å². The van der Waals surface area contributed by atoms with E-state index >= 15 is 0 Å². The third-order valence-electron chi connectivity index (χ3n) is 5.00. The smallest absolute Gasteiger partial charge is 0.0117 e. The standard InChI is InChI=1S/C15H31N3/c1-3-18-9-7-15(8-10-18)17(2)12-13-5-4-6-14(16)11-13/h13-15H,3-12,16H2,1-2H3. The minimum Gasteiger partial charge on any atom is -0.328 e. The van der Waals surface area contributed by atoms with Crippen molar-refractivity contribution in [3.8, 4) is 0 Å². The number of hydrogen-bond donors (Lipinski definition) is 1. The molecule has 1 aliphatic carbocycles. The second-order valence-corrected chi connectivity index (χ2v) is 6.40. The van der Waals surface area contributed by atoms with Crippen molar-refractivity contribution >= 4 is 0 Å². The second kappa shape index (κ2) is 6.88. The first-order valence-corrected chi connectivity index (χ1v) is 7.87. The van der Waals surface area contributed by atoms with Crippen LogP contribution in [0.25, 0.3) is 0 Å². The van der Waals surface area contributed by atoms with E-state index in [1.807, 2.05) is 0 Å². The van der Waals surface area contributed by atoms with E-state index in [0.29, 0.717) is 6.04 Å². The van der Waals surface area contributed by atoms with E-state index in [-0.39, 0.29) is 0 Å². The fraction of sp³-hybridized carbons (Fsp3) is 1.00. The summed E-state index contributed by atoms with van der Waals surface area (Å²) >= 11 is 0. The number of piperidine rings is 1. The van der Waals surface area contributed by atoms with Crippen molar-refractivity contribution in [2.75, 3.05) is 33.2 Å². The lowest BCUT2D eigenvalue weighted by Crippen LogP contribution is -2.45. The summed E-state index contributed by atoms with van der Waals surface area (Å²) in [6.45, 7) is 7.33. The Kier molecular flexibility index (Phi) is 5.46. The van der Waals surface area contributed by atoms with Crippen molar-refractivity contribution in [1.82, 2.24) is 9.80 Å². The lowest BCUT2D eigenvalue weighted by molar-refractivity contribution is 0.109. The topological polar surface area (TPSA) is 32.5 Å². The Morgan fingerprint density at radius 1 is 1.17 bits per heavy atom. The highest BCUT2D eigenvalue weighted by molar-refractivity contribution is 4.82. The van der Waals surface area contributed by atoms with Gasteiger partial charge in [0, 0.05) is 18.6 Å². The molecule has 0 amide bonds. The van der Waals surface area contributed by atoms with Gasteiger partial charge in [0.15, 0.2) is 0 Å². The molecule has 3 nitrogen and oxygen atoms in total. The average molecular weight is 253 g/mol. The molecule has 0 radical (unpaired) electrons. The highest BCUT2D eigenvalue weighted by Gasteiger charge is 2.25. The van der Waals surface area contributed by atoms with Crippen LogP contribution in [0.3, 0.4) is 0 Å². The molecule has 2 rings (SSSR count). The molecule has 2 fully saturated rings. The largest absolute Gasteiger partial charge is 0.328 e. The summed E-state index contributed by atoms with van der Waals surface area (Å²) < 4.78 is 0. The lowest BCUT2D eigenvalue weighted by Gasteiger charge is -2.39. The zero-order valence-electron chi connectivity index (χ0n) is 12.3. The van der Waals surface area contributed by atoms with Crippen LogP contribution in [0, 0.1) is 5.92 Å². The van der Waals surface area contributed by atoms with Gasteiger partial charge in [-0.3, -0.25) is 0 Å². The normalized spacial score (nSPS) is 32.0. The minimum atomic E-state index is 0.471. The molecule has 106 valence electrons. The van der Waals surface area contributed by atoms with Crippen molar-refractivity contribution in [3.05, 3.63) is 0 Å². The molecule has 1 aliphatic heterocycles. The highest BCUT2D eigenvalue weighted by Crippen LogP contribution is 2.25. The Bertz CT molecular complexity index is 236. The van der Waals surface area contributed by atoms with Crippen molar-refractivity contribution in [3.63, 3.8) is 0 Å². The molecular formula is C15H31N3. The Balaban J connectivity index is 1.72. The molecule has 1 saturated heterocycles. The molecule has 0 aromatic rings. The van der Waals surface area contributed by atoms with Gasteiger partial charge in [-0.05, 0) is 64.7 Å². The van der Waals surface area contributed by atoms with Crippen LogP contribution in [0.5, 0.6) is 0 Å². The molecule has 0 aromatic heterocycles. The molecule has 0 aromatic carbocycles. The minimum absolute atomic E-state index is 0.471. The maximum Gasteiger partial charge on any atom is 0.0117 e. The maximum atomic E-state index is 6.09. The number of likely N-dealkylation sites (tertiary alicyclic amines) is 1. The van der Waals surface area contributed by atoms with Gasteiger partial charge in [0.05, 0.1) is 0 Å². The van der Waals surface area contributed by atoms with Gasteiger partial charge in [0.1, 0.15) is 0 Å². The van der Waals surface area contributed by atoms with Gasteiger partial charge in [-0.15, -0.1) is 0 Å². The third kappa shape index (κ3) is 3.94. The summed E-state index contributed by atoms with van der Waals surface area (Å²) in [6.07, 6.45) is 7.93. The summed E-state index contributed by atoms with van der Waals surface area (Å²) in [5.41, 5.74) is 6.09. The first kappa shape index (κ1) is 14.3. The van der Waals surface area contributed by atoms with Crippen molar-refractivity contribution in [2.24, 2.45) is 11.7 Å². The van der Waals surface area contributed by atoms with E-state index in [1.54, 1.807) is 0 Å². The summed E-state index contributed by atoms with van der Waals surface area (Å²) in [4.78, 5) is 5.19. The summed E-state index contributed by atoms with van der Waals surface area (Å²) in [6, 6.07) is 1.28. The second-order valence-electron chi connectivity index (χ2n) is 6.40. The summed E-state index contributed by atoms with van der Waals surface area (Å²) in [5.74, 6) is 0.850. The van der Waals surface area contributed by atoms with Crippen LogP contribution in [0.15, 0.2) is 0 Å². The summed E-state index contributed by atoms with van der Waals surface area (Å²) in [7, 11) is 2.33. The van der Waals surface area contributed by atoms with Crippen LogP contribution in [-0.2, 0) is 0 Å². The Morgan fingerprint density at radius 3 is 2.50 bits per heavy atom. The first-order valence-electron chi connectivity index (χ1n) is 7.87. The van der Waals surface area contributed by atoms with Gasteiger partial charge in [-0.25, -0.2) is 0 Å². The van der Waals surface area contributed by atoms with E-state index < -0.39 is 0 Å². The fourth-order valence-corrected chi connectivity index (χ4v) is 3.73. The molecule has 1 heterocycles. The van der Waals surface area contributed by atoms with Crippen molar-refractivity contribution in [1.29, 1.82) is 0 Å². The molecule has 3 heteroatoms. The SMILES string of the molecule is CCN1CCC(N(C)CC2CCCC(N)C2)CC1. The van der Waals surface area contributed by atoms with Gasteiger partial charge >= 0.3 is 0 Å². The molecule has 18 heavy (non-hydrogen) atoms.